The van der Waals surface area contributed by atoms with Gasteiger partial charge in [0, 0.05) is 69.8 Å². The SMILES string of the molecule is CC(=O)[C@H]1C(C)C[C@H]2[C@@H]3CCC4=CC(=O)C(N5CCN(c6cc(N7CCCC7)nc(N7CCCC7)n6)CC5)=C[C@]4(C)C3=CC[C@]12C. The number of allylic oxidation sites excluding steroid dienone is 5. The van der Waals surface area contributed by atoms with Gasteiger partial charge in [-0.05, 0) is 101 Å². The number of anilines is 3. The van der Waals surface area contributed by atoms with E-state index in [0.29, 0.717) is 23.5 Å². The minimum Gasteiger partial charge on any atom is -0.365 e. The molecule has 4 heterocycles. The Bertz CT molecular complexity index is 1480. The van der Waals surface area contributed by atoms with E-state index in [1.165, 1.54) is 36.8 Å². The van der Waals surface area contributed by atoms with Gasteiger partial charge in [0.1, 0.15) is 17.4 Å². The normalized spacial score (nSPS) is 35.8. The highest BCUT2D eigenvalue weighted by Gasteiger charge is 2.59. The molecule has 7 aliphatic rings. The molecule has 46 heavy (non-hydrogen) atoms. The van der Waals surface area contributed by atoms with Gasteiger partial charge in [0.2, 0.25) is 11.7 Å². The Kier molecular flexibility index (Phi) is 7.37. The number of nitrogens with zero attached hydrogens (tertiary/aromatic N) is 6. The lowest BCUT2D eigenvalue weighted by Crippen LogP contribution is -2.49. The Morgan fingerprint density at radius 3 is 2.13 bits per heavy atom. The Morgan fingerprint density at radius 2 is 1.48 bits per heavy atom. The van der Waals surface area contributed by atoms with Crippen LogP contribution < -0.4 is 14.7 Å². The molecule has 246 valence electrons. The summed E-state index contributed by atoms with van der Waals surface area (Å²) in [5, 5.41) is 0. The summed E-state index contributed by atoms with van der Waals surface area (Å²) >= 11 is 0. The Morgan fingerprint density at radius 1 is 0.870 bits per heavy atom. The van der Waals surface area contributed by atoms with E-state index < -0.39 is 0 Å². The van der Waals surface area contributed by atoms with Gasteiger partial charge in [-0.3, -0.25) is 9.59 Å². The van der Waals surface area contributed by atoms with Crippen molar-refractivity contribution in [2.75, 3.05) is 67.1 Å². The lowest BCUT2D eigenvalue weighted by molar-refractivity contribution is -0.126. The van der Waals surface area contributed by atoms with E-state index in [-0.39, 0.29) is 22.5 Å². The van der Waals surface area contributed by atoms with E-state index in [4.69, 9.17) is 9.97 Å². The van der Waals surface area contributed by atoms with Crippen molar-refractivity contribution in [1.29, 1.82) is 0 Å². The van der Waals surface area contributed by atoms with Crippen LogP contribution in [0.3, 0.4) is 0 Å². The molecule has 1 unspecified atom stereocenters. The summed E-state index contributed by atoms with van der Waals surface area (Å²) in [6.07, 6.45) is 15.9. The van der Waals surface area contributed by atoms with E-state index in [2.05, 4.69) is 58.6 Å². The van der Waals surface area contributed by atoms with Crippen molar-refractivity contribution in [3.8, 4) is 0 Å². The van der Waals surface area contributed by atoms with Gasteiger partial charge in [-0.25, -0.2) is 0 Å². The van der Waals surface area contributed by atoms with Gasteiger partial charge < -0.3 is 19.6 Å². The molecule has 0 N–H and O–H groups in total. The van der Waals surface area contributed by atoms with E-state index in [1.54, 1.807) is 0 Å². The molecule has 3 saturated heterocycles. The van der Waals surface area contributed by atoms with Crippen LogP contribution in [-0.4, -0.2) is 78.8 Å². The number of aromatic nitrogens is 2. The molecule has 1 aromatic heterocycles. The van der Waals surface area contributed by atoms with Crippen LogP contribution in [0.2, 0.25) is 0 Å². The van der Waals surface area contributed by atoms with Crippen molar-refractivity contribution >= 4 is 29.2 Å². The molecule has 1 aromatic rings. The smallest absolute Gasteiger partial charge is 0.229 e. The van der Waals surface area contributed by atoms with Gasteiger partial charge in [-0.1, -0.05) is 31.1 Å². The first-order valence-electron chi connectivity index (χ1n) is 18.2. The molecule has 8 heteroatoms. The van der Waals surface area contributed by atoms with Crippen LogP contribution in [0.4, 0.5) is 17.6 Å². The molecule has 0 radical (unpaired) electrons. The number of ketones is 2. The second kappa shape index (κ2) is 11.2. The molecule has 8 rings (SSSR count). The van der Waals surface area contributed by atoms with Crippen molar-refractivity contribution in [1.82, 2.24) is 14.9 Å². The van der Waals surface area contributed by atoms with E-state index in [0.717, 1.165) is 101 Å². The maximum absolute atomic E-state index is 13.7. The lowest BCUT2D eigenvalue weighted by atomic mass is 9.52. The van der Waals surface area contributed by atoms with Crippen molar-refractivity contribution in [2.24, 2.45) is 34.5 Å². The van der Waals surface area contributed by atoms with Crippen LogP contribution in [0, 0.1) is 34.5 Å². The van der Waals surface area contributed by atoms with Crippen LogP contribution in [0.5, 0.6) is 0 Å². The van der Waals surface area contributed by atoms with Gasteiger partial charge in [0.25, 0.3) is 0 Å². The summed E-state index contributed by atoms with van der Waals surface area (Å²) in [6, 6.07) is 2.20. The highest BCUT2D eigenvalue weighted by molar-refractivity contribution is 6.05. The topological polar surface area (TPSA) is 72.9 Å². The first kappa shape index (κ1) is 30.2. The summed E-state index contributed by atoms with van der Waals surface area (Å²) in [6.45, 7) is 16.4. The number of Topliss-reactive ketones (excluding diaryl/α,β-unsaturated/α-hetero) is 1. The summed E-state index contributed by atoms with van der Waals surface area (Å²) in [7, 11) is 0. The second-order valence-corrected chi connectivity index (χ2v) is 15.9. The number of fused-ring (bicyclic) bond motifs is 5. The third-order valence-electron chi connectivity index (χ3n) is 13.3. The average Bonchev–Trinajstić information content (AvgIpc) is 3.82. The third kappa shape index (κ3) is 4.75. The van der Waals surface area contributed by atoms with Crippen molar-refractivity contribution in [3.63, 3.8) is 0 Å². The molecule has 0 spiro atoms. The predicted octanol–water partition coefficient (Wildman–Crippen LogP) is 5.81. The maximum Gasteiger partial charge on any atom is 0.229 e. The molecule has 6 atom stereocenters. The molecule has 8 nitrogen and oxygen atoms in total. The molecule has 5 fully saturated rings. The summed E-state index contributed by atoms with van der Waals surface area (Å²) in [5.74, 6) is 5.12. The molecular weight excluding hydrogens is 572 g/mol. The first-order valence-corrected chi connectivity index (χ1v) is 18.2. The standard InChI is InChI=1S/C38H52N6O2/c1-25-21-30-28-10-9-27-22-32(46)31(24-38(27,4)29(28)11-12-37(30,3)35(25)26(2)45)41-17-19-43(20-18-41)34-23-33(42-13-5-6-14-42)39-36(40-34)44-15-7-8-16-44/h11,22-25,28,30,35H,5-10,12-21H2,1-4H3/t25?,28-,30+,35-,37+,38+/m1/s1. The summed E-state index contributed by atoms with van der Waals surface area (Å²) < 4.78 is 0. The van der Waals surface area contributed by atoms with E-state index >= 15 is 0 Å². The minimum atomic E-state index is -0.218. The number of carbonyl (C=O) groups is 2. The highest BCUT2D eigenvalue weighted by Crippen LogP contribution is 2.65. The van der Waals surface area contributed by atoms with Crippen molar-refractivity contribution in [3.05, 3.63) is 41.1 Å². The quantitative estimate of drug-likeness (QED) is 0.381. The Hall–Kier alpha value is -3.16. The van der Waals surface area contributed by atoms with Gasteiger partial charge in [-0.15, -0.1) is 0 Å². The second-order valence-electron chi connectivity index (χ2n) is 15.9. The van der Waals surface area contributed by atoms with Crippen LogP contribution >= 0.6 is 0 Å². The Balaban J connectivity index is 1.03. The van der Waals surface area contributed by atoms with Crippen LogP contribution in [-0.2, 0) is 9.59 Å². The van der Waals surface area contributed by atoms with Gasteiger partial charge in [-0.2, -0.15) is 9.97 Å². The number of hydrogen-bond acceptors (Lipinski definition) is 8. The van der Waals surface area contributed by atoms with Crippen molar-refractivity contribution < 1.29 is 9.59 Å². The summed E-state index contributed by atoms with van der Waals surface area (Å²) in [4.78, 5) is 46.1. The number of piperazine rings is 1. The first-order chi connectivity index (χ1) is 22.2. The molecule has 0 amide bonds. The molecule has 4 aliphatic carbocycles. The zero-order valence-corrected chi connectivity index (χ0v) is 28.4. The van der Waals surface area contributed by atoms with Crippen LogP contribution in [0.15, 0.2) is 41.1 Å². The third-order valence-corrected chi connectivity index (χ3v) is 13.3. The number of carbonyl (C=O) groups excluding carboxylic acids is 2. The number of rotatable bonds is 5. The number of hydrogen-bond donors (Lipinski definition) is 0. The Labute approximate surface area is 275 Å². The summed E-state index contributed by atoms with van der Waals surface area (Å²) in [5.41, 5.74) is 3.50. The van der Waals surface area contributed by atoms with Crippen LogP contribution in [0.25, 0.3) is 0 Å². The van der Waals surface area contributed by atoms with Crippen molar-refractivity contribution in [2.45, 2.75) is 79.1 Å². The zero-order chi connectivity index (χ0) is 31.8. The van der Waals surface area contributed by atoms with E-state index in [9.17, 15) is 9.59 Å². The fraction of sp³-hybridized carbons (Fsp3) is 0.684. The largest absolute Gasteiger partial charge is 0.365 e. The predicted molar refractivity (Wildman–Crippen MR) is 183 cm³/mol. The monoisotopic (exact) mass is 624 g/mol. The molecule has 3 aliphatic heterocycles. The average molecular weight is 625 g/mol. The van der Waals surface area contributed by atoms with Gasteiger partial charge >= 0.3 is 0 Å². The minimum absolute atomic E-state index is 0.0502. The zero-order valence-electron chi connectivity index (χ0n) is 28.4. The highest BCUT2D eigenvalue weighted by atomic mass is 16.1. The maximum atomic E-state index is 13.7. The van der Waals surface area contributed by atoms with Crippen LogP contribution in [0.1, 0.15) is 79.1 Å². The fourth-order valence-electron chi connectivity index (χ4n) is 11.0. The fourth-order valence-corrected chi connectivity index (χ4v) is 11.0. The molecule has 0 aromatic carbocycles. The van der Waals surface area contributed by atoms with Gasteiger partial charge in [0.05, 0.1) is 5.70 Å². The lowest BCUT2D eigenvalue weighted by Gasteiger charge is -2.53. The molecule has 2 saturated carbocycles. The molecular formula is C38H52N6O2. The van der Waals surface area contributed by atoms with Gasteiger partial charge in [0.15, 0.2) is 0 Å². The van der Waals surface area contributed by atoms with E-state index in [1.807, 2.05) is 13.0 Å². The molecule has 0 bridgehead atoms.